The van der Waals surface area contributed by atoms with E-state index in [1.807, 2.05) is 30.3 Å². The summed E-state index contributed by atoms with van der Waals surface area (Å²) in [5, 5.41) is 0. The average molecular weight is 444 g/mol. The normalized spacial score (nSPS) is 19.6. The Bertz CT molecular complexity index is 954. The van der Waals surface area contributed by atoms with Gasteiger partial charge in [-0.1, -0.05) is 5.92 Å². The molecule has 0 bridgehead atoms. The zero-order valence-electron chi connectivity index (χ0n) is 18.8. The second-order valence-corrected chi connectivity index (χ2v) is 9.71. The fourth-order valence-electron chi connectivity index (χ4n) is 4.73. The molecule has 1 spiro atoms. The number of nitrogens with zero attached hydrogens (tertiary/aromatic N) is 1. The Morgan fingerprint density at radius 3 is 2.32 bits per heavy atom. The van der Waals surface area contributed by atoms with Gasteiger partial charge in [-0.15, -0.1) is 10.2 Å². The number of ether oxygens (including phenoxy) is 2. The highest BCUT2D eigenvalue weighted by atomic mass is 32.2. The van der Waals surface area contributed by atoms with E-state index in [2.05, 4.69) is 11.8 Å². The number of hydrogen-bond acceptors (Lipinski definition) is 6. The van der Waals surface area contributed by atoms with Crippen LogP contribution in [-0.4, -0.2) is 47.3 Å². The number of benzene rings is 1. The third-order valence-corrected chi connectivity index (χ3v) is 7.29. The maximum atomic E-state index is 13.5. The predicted molar refractivity (Wildman–Crippen MR) is 120 cm³/mol. The summed E-state index contributed by atoms with van der Waals surface area (Å²) < 4.78 is 24.0. The number of Topliss-reactive ketones (excluding diaryl/α,β-unsaturated/α-hetero) is 1. The van der Waals surface area contributed by atoms with Crippen LogP contribution in [0.15, 0.2) is 17.9 Å². The van der Waals surface area contributed by atoms with Crippen molar-refractivity contribution in [3.8, 4) is 11.8 Å². The number of ketones is 1. The minimum absolute atomic E-state index is 0.0308. The van der Waals surface area contributed by atoms with Crippen LogP contribution in [0, 0.1) is 31.1 Å². The standard InChI is InChI=1S/C24H29NO5S/c1-6-7-18-12-16(2)21(17(3)13-18)22-19(26)14-24(15-20(22)30-23(27)29-4)8-10-25(11-9-24)31(5)28/h12-13H,8-11,14-15H2,1-5H3. The van der Waals surface area contributed by atoms with Crippen LogP contribution in [0.2, 0.25) is 0 Å². The largest absolute Gasteiger partial charge is 0.598 e. The van der Waals surface area contributed by atoms with Gasteiger partial charge in [-0.2, -0.15) is 0 Å². The molecule has 1 fully saturated rings. The summed E-state index contributed by atoms with van der Waals surface area (Å²) in [7, 11) is 1.26. The first-order valence-electron chi connectivity index (χ1n) is 10.3. The molecule has 0 amide bonds. The molecule has 0 saturated carbocycles. The summed E-state index contributed by atoms with van der Waals surface area (Å²) in [6.45, 7) is 6.98. The van der Waals surface area contributed by atoms with E-state index in [9.17, 15) is 14.1 Å². The summed E-state index contributed by atoms with van der Waals surface area (Å²) in [5.74, 6) is 6.29. The molecule has 1 saturated heterocycles. The number of methoxy groups -OCH3 is 1. The van der Waals surface area contributed by atoms with Gasteiger partial charge in [-0.3, -0.25) is 4.79 Å². The molecule has 0 N–H and O–H groups in total. The van der Waals surface area contributed by atoms with Crippen molar-refractivity contribution in [3.63, 3.8) is 0 Å². The molecule has 6 nitrogen and oxygen atoms in total. The Morgan fingerprint density at radius 2 is 1.81 bits per heavy atom. The van der Waals surface area contributed by atoms with E-state index in [0.717, 1.165) is 35.1 Å². The molecule has 1 heterocycles. The first-order valence-corrected chi connectivity index (χ1v) is 11.9. The minimum atomic E-state index is -1.03. The van der Waals surface area contributed by atoms with Crippen LogP contribution in [0.3, 0.4) is 0 Å². The quantitative estimate of drug-likeness (QED) is 0.400. The number of carbonyl (C=O) groups is 2. The van der Waals surface area contributed by atoms with Crippen molar-refractivity contribution in [3.05, 3.63) is 40.1 Å². The zero-order chi connectivity index (χ0) is 22.8. The van der Waals surface area contributed by atoms with Gasteiger partial charge in [0, 0.05) is 42.9 Å². The van der Waals surface area contributed by atoms with Crippen LogP contribution < -0.4 is 0 Å². The van der Waals surface area contributed by atoms with Crippen molar-refractivity contribution in [1.29, 1.82) is 0 Å². The maximum absolute atomic E-state index is 13.5. The van der Waals surface area contributed by atoms with Gasteiger partial charge in [0.25, 0.3) is 0 Å². The lowest BCUT2D eigenvalue weighted by Gasteiger charge is -2.43. The second-order valence-electron chi connectivity index (χ2n) is 8.34. The Labute approximate surface area is 187 Å². The fourth-order valence-corrected chi connectivity index (χ4v) is 5.43. The number of hydrogen-bond donors (Lipinski definition) is 0. The summed E-state index contributed by atoms with van der Waals surface area (Å²) in [6.07, 6.45) is 3.16. The van der Waals surface area contributed by atoms with E-state index in [0.29, 0.717) is 37.3 Å². The number of piperidine rings is 1. The number of carbonyl (C=O) groups excluding carboxylic acids is 2. The van der Waals surface area contributed by atoms with Crippen molar-refractivity contribution in [2.45, 2.75) is 46.5 Å². The minimum Gasteiger partial charge on any atom is -0.598 e. The molecule has 7 heteroatoms. The molecule has 1 unspecified atom stereocenters. The molecule has 2 aliphatic rings. The van der Waals surface area contributed by atoms with Crippen LogP contribution in [0.5, 0.6) is 0 Å². The molecule has 1 atom stereocenters. The van der Waals surface area contributed by atoms with Crippen LogP contribution in [-0.2, 0) is 25.6 Å². The van der Waals surface area contributed by atoms with Gasteiger partial charge in [-0.25, -0.2) is 4.79 Å². The van der Waals surface area contributed by atoms with E-state index in [-0.39, 0.29) is 11.2 Å². The van der Waals surface area contributed by atoms with E-state index < -0.39 is 17.5 Å². The van der Waals surface area contributed by atoms with Crippen molar-refractivity contribution >= 4 is 28.9 Å². The van der Waals surface area contributed by atoms with Gasteiger partial charge >= 0.3 is 6.16 Å². The summed E-state index contributed by atoms with van der Waals surface area (Å²) in [5.41, 5.74) is 3.68. The van der Waals surface area contributed by atoms with Crippen molar-refractivity contribution in [1.82, 2.24) is 4.31 Å². The lowest BCUT2D eigenvalue weighted by Crippen LogP contribution is -2.45. The topological polar surface area (TPSA) is 78.9 Å². The van der Waals surface area contributed by atoms with Crippen molar-refractivity contribution < 1.29 is 23.6 Å². The smallest absolute Gasteiger partial charge is 0.513 e. The van der Waals surface area contributed by atoms with Gasteiger partial charge in [0.1, 0.15) is 12.0 Å². The van der Waals surface area contributed by atoms with E-state index >= 15 is 0 Å². The molecule has 31 heavy (non-hydrogen) atoms. The molecule has 1 aromatic rings. The first-order chi connectivity index (χ1) is 14.7. The van der Waals surface area contributed by atoms with Crippen LogP contribution in [0.1, 0.15) is 54.9 Å². The number of rotatable bonds is 3. The highest BCUT2D eigenvalue weighted by Crippen LogP contribution is 2.48. The van der Waals surface area contributed by atoms with Crippen LogP contribution in [0.4, 0.5) is 4.79 Å². The Hall–Kier alpha value is -2.27. The van der Waals surface area contributed by atoms with Gasteiger partial charge in [0.05, 0.1) is 12.7 Å². The van der Waals surface area contributed by atoms with Gasteiger partial charge in [0.2, 0.25) is 0 Å². The van der Waals surface area contributed by atoms with Crippen LogP contribution >= 0.6 is 0 Å². The molecule has 1 aromatic carbocycles. The third kappa shape index (κ3) is 4.98. The molecular formula is C24H29NO5S. The monoisotopic (exact) mass is 443 g/mol. The Morgan fingerprint density at radius 1 is 1.19 bits per heavy atom. The lowest BCUT2D eigenvalue weighted by molar-refractivity contribution is -0.117. The second kappa shape index (κ2) is 9.47. The zero-order valence-corrected chi connectivity index (χ0v) is 19.6. The van der Waals surface area contributed by atoms with E-state index in [1.165, 1.54) is 7.11 Å². The third-order valence-electron chi connectivity index (χ3n) is 6.20. The Balaban J connectivity index is 2.05. The first kappa shape index (κ1) is 23.4. The Kier molecular flexibility index (Phi) is 7.15. The molecule has 166 valence electrons. The van der Waals surface area contributed by atoms with E-state index in [1.54, 1.807) is 13.2 Å². The number of allylic oxidation sites excluding steroid dienone is 2. The summed E-state index contributed by atoms with van der Waals surface area (Å²) in [6, 6.07) is 3.91. The highest BCUT2D eigenvalue weighted by Gasteiger charge is 2.45. The SMILES string of the molecule is CC#Cc1cc(C)c(C2=C(OC(=O)OC)CC3(CCN([S+](C)[O-])CC3)CC2=O)c(C)c1. The summed E-state index contributed by atoms with van der Waals surface area (Å²) in [4.78, 5) is 25.5. The maximum Gasteiger partial charge on any atom is 0.513 e. The van der Waals surface area contributed by atoms with Gasteiger partial charge < -0.3 is 14.0 Å². The van der Waals surface area contributed by atoms with Crippen molar-refractivity contribution in [2.24, 2.45) is 5.41 Å². The predicted octanol–water partition coefficient (Wildman–Crippen LogP) is 3.91. The van der Waals surface area contributed by atoms with Gasteiger partial charge in [-0.05, 0) is 67.9 Å². The molecule has 3 rings (SSSR count). The molecule has 0 radical (unpaired) electrons. The van der Waals surface area contributed by atoms with E-state index in [4.69, 9.17) is 9.47 Å². The highest BCUT2D eigenvalue weighted by molar-refractivity contribution is 7.88. The van der Waals surface area contributed by atoms with Gasteiger partial charge in [0.15, 0.2) is 5.78 Å². The lowest BCUT2D eigenvalue weighted by atomic mass is 9.66. The molecule has 0 aromatic heterocycles. The molecule has 1 aliphatic heterocycles. The number of aryl methyl sites for hydroxylation is 2. The molecule has 1 aliphatic carbocycles. The fraction of sp³-hybridized carbons (Fsp3) is 0.500. The van der Waals surface area contributed by atoms with Crippen LogP contribution in [0.25, 0.3) is 5.57 Å². The average Bonchev–Trinajstić information content (AvgIpc) is 2.70. The van der Waals surface area contributed by atoms with Crippen molar-refractivity contribution in [2.75, 3.05) is 26.5 Å². The molecular weight excluding hydrogens is 414 g/mol. The summed E-state index contributed by atoms with van der Waals surface area (Å²) >= 11 is -1.03.